The van der Waals surface area contributed by atoms with E-state index in [0.717, 1.165) is 0 Å². The van der Waals surface area contributed by atoms with Gasteiger partial charge in [0.1, 0.15) is 0 Å². The number of halogens is 1. The smallest absolute Gasteiger partial charge is 0.545 e. The Balaban J connectivity index is 0.000000810. The fraction of sp³-hybridized carbons (Fsp3) is 0. The average molecular weight is 201 g/mol. The Morgan fingerprint density at radius 1 is 1.70 bits per heavy atom. The molecule has 0 saturated carbocycles. The van der Waals surface area contributed by atoms with Crippen LogP contribution in [0.1, 0.15) is 10.4 Å². The fourth-order valence-electron chi connectivity index (χ4n) is 0.417. The van der Waals surface area contributed by atoms with Crippen LogP contribution in [-0.2, 0) is 0 Å². The summed E-state index contributed by atoms with van der Waals surface area (Å²) in [4.78, 5) is 10.1. The van der Waals surface area contributed by atoms with Crippen molar-refractivity contribution in [1.82, 2.24) is 0 Å². The SMILES string of the molecule is O=C([O-])c1csc(Cl)c1.[K+]. The Bertz CT molecular complexity index is 235. The third-order valence-electron chi connectivity index (χ3n) is 0.803. The van der Waals surface area contributed by atoms with Crippen molar-refractivity contribution < 1.29 is 61.3 Å². The van der Waals surface area contributed by atoms with Gasteiger partial charge in [-0.3, -0.25) is 0 Å². The van der Waals surface area contributed by atoms with Gasteiger partial charge in [0.2, 0.25) is 0 Å². The number of carboxylic acid groups (broad SMARTS) is 1. The van der Waals surface area contributed by atoms with E-state index in [1.807, 2.05) is 0 Å². The van der Waals surface area contributed by atoms with Gasteiger partial charge < -0.3 is 9.90 Å². The molecule has 0 aliphatic rings. The molecule has 1 rings (SSSR count). The van der Waals surface area contributed by atoms with Crippen molar-refractivity contribution in [2.75, 3.05) is 0 Å². The number of carbonyl (C=O) groups excluding carboxylic acids is 1. The van der Waals surface area contributed by atoms with Gasteiger partial charge >= 0.3 is 51.4 Å². The summed E-state index contributed by atoms with van der Waals surface area (Å²) in [6, 6.07) is 1.36. The van der Waals surface area contributed by atoms with E-state index in [2.05, 4.69) is 0 Å². The molecule has 0 atom stereocenters. The second kappa shape index (κ2) is 4.87. The molecule has 0 unspecified atom stereocenters. The molecule has 0 N–H and O–H groups in total. The first-order valence-electron chi connectivity index (χ1n) is 2.15. The maximum absolute atomic E-state index is 10.1. The molecular formula is C5H2ClKO2S. The van der Waals surface area contributed by atoms with Crippen molar-refractivity contribution in [2.45, 2.75) is 0 Å². The molecule has 0 aliphatic heterocycles. The van der Waals surface area contributed by atoms with Crippen LogP contribution in [-0.4, -0.2) is 5.97 Å². The van der Waals surface area contributed by atoms with Crippen LogP contribution >= 0.6 is 22.9 Å². The molecule has 0 aliphatic carbocycles. The van der Waals surface area contributed by atoms with Gasteiger partial charge in [-0.1, -0.05) is 11.6 Å². The first-order valence-corrected chi connectivity index (χ1v) is 3.41. The predicted octanol–water partition coefficient (Wildman–Crippen LogP) is -2.23. The molecule has 10 heavy (non-hydrogen) atoms. The van der Waals surface area contributed by atoms with Crippen LogP contribution < -0.4 is 56.5 Å². The molecule has 1 aromatic rings. The summed E-state index contributed by atoms with van der Waals surface area (Å²) < 4.78 is 0.467. The molecule has 1 heterocycles. The van der Waals surface area contributed by atoms with E-state index >= 15 is 0 Å². The van der Waals surface area contributed by atoms with Crippen LogP contribution in [0.4, 0.5) is 0 Å². The first kappa shape index (κ1) is 11.1. The van der Waals surface area contributed by atoms with Crippen molar-refractivity contribution in [3.05, 3.63) is 21.3 Å². The van der Waals surface area contributed by atoms with Gasteiger partial charge in [0, 0.05) is 10.9 Å². The van der Waals surface area contributed by atoms with E-state index in [-0.39, 0.29) is 56.9 Å². The summed E-state index contributed by atoms with van der Waals surface area (Å²) in [5.74, 6) is -1.18. The maximum atomic E-state index is 10.1. The zero-order valence-corrected chi connectivity index (χ0v) is 9.95. The van der Waals surface area contributed by atoms with Crippen molar-refractivity contribution in [2.24, 2.45) is 0 Å². The van der Waals surface area contributed by atoms with E-state index < -0.39 is 5.97 Å². The number of hydrogen-bond acceptors (Lipinski definition) is 3. The van der Waals surface area contributed by atoms with Crippen LogP contribution in [0.5, 0.6) is 0 Å². The number of rotatable bonds is 1. The van der Waals surface area contributed by atoms with Crippen molar-refractivity contribution in [3.8, 4) is 0 Å². The summed E-state index contributed by atoms with van der Waals surface area (Å²) in [5, 5.41) is 11.5. The third kappa shape index (κ3) is 3.00. The second-order valence-corrected chi connectivity index (χ2v) is 2.97. The summed E-state index contributed by atoms with van der Waals surface area (Å²) in [6.07, 6.45) is 0. The van der Waals surface area contributed by atoms with Gasteiger partial charge in [-0.2, -0.15) is 0 Å². The van der Waals surface area contributed by atoms with E-state index in [1.54, 1.807) is 0 Å². The van der Waals surface area contributed by atoms with Gasteiger partial charge in [0.15, 0.2) is 0 Å². The number of hydrogen-bond donors (Lipinski definition) is 0. The summed E-state index contributed by atoms with van der Waals surface area (Å²) in [5.41, 5.74) is 0.144. The first-order chi connectivity index (χ1) is 4.20. The Morgan fingerprint density at radius 3 is 2.50 bits per heavy atom. The molecule has 0 aromatic carbocycles. The van der Waals surface area contributed by atoms with Crippen LogP contribution in [0.3, 0.4) is 0 Å². The second-order valence-electron chi connectivity index (χ2n) is 1.43. The maximum Gasteiger partial charge on any atom is 1.00 e. The number of aromatic carboxylic acids is 1. The normalized spacial score (nSPS) is 8.50. The minimum Gasteiger partial charge on any atom is -0.545 e. The third-order valence-corrected chi connectivity index (χ3v) is 1.89. The topological polar surface area (TPSA) is 40.1 Å². The van der Waals surface area contributed by atoms with Crippen LogP contribution in [0.15, 0.2) is 11.4 Å². The van der Waals surface area contributed by atoms with Gasteiger partial charge in [0.05, 0.1) is 10.3 Å². The van der Waals surface area contributed by atoms with Crippen LogP contribution in [0.25, 0.3) is 0 Å². The minimum atomic E-state index is -1.18. The molecule has 0 saturated heterocycles. The Labute approximate surface area is 110 Å². The molecule has 48 valence electrons. The van der Waals surface area contributed by atoms with Gasteiger partial charge in [-0.25, -0.2) is 0 Å². The van der Waals surface area contributed by atoms with E-state index in [9.17, 15) is 9.90 Å². The molecule has 0 bridgehead atoms. The van der Waals surface area contributed by atoms with E-state index in [1.165, 1.54) is 22.8 Å². The monoisotopic (exact) mass is 200 g/mol. The zero-order valence-electron chi connectivity index (χ0n) is 5.26. The molecule has 0 fully saturated rings. The quantitative estimate of drug-likeness (QED) is 0.482. The van der Waals surface area contributed by atoms with E-state index in [4.69, 9.17) is 11.6 Å². The standard InChI is InChI=1S/C5H3ClO2S.K/c6-4-1-3(2-9-4)5(7)8;/h1-2H,(H,7,8);/q;+1/p-1. The molecule has 1 aromatic heterocycles. The minimum absolute atomic E-state index is 0. The van der Waals surface area contributed by atoms with Crippen molar-refractivity contribution in [1.29, 1.82) is 0 Å². The van der Waals surface area contributed by atoms with Gasteiger partial charge in [-0.05, 0) is 6.07 Å². The van der Waals surface area contributed by atoms with Crippen LogP contribution in [0, 0.1) is 0 Å². The Hall–Kier alpha value is 1.10. The molecular weight excluding hydrogens is 199 g/mol. The van der Waals surface area contributed by atoms with Crippen LogP contribution in [0.2, 0.25) is 4.34 Å². The number of carbonyl (C=O) groups is 1. The predicted molar refractivity (Wildman–Crippen MR) is 33.7 cm³/mol. The Morgan fingerprint density at radius 2 is 2.30 bits per heavy atom. The summed E-state index contributed by atoms with van der Waals surface area (Å²) >= 11 is 6.61. The summed E-state index contributed by atoms with van der Waals surface area (Å²) in [6.45, 7) is 0. The molecule has 0 amide bonds. The zero-order chi connectivity index (χ0) is 6.85. The molecule has 5 heteroatoms. The van der Waals surface area contributed by atoms with Crippen molar-refractivity contribution in [3.63, 3.8) is 0 Å². The van der Waals surface area contributed by atoms with Gasteiger partial charge in [0.25, 0.3) is 0 Å². The van der Waals surface area contributed by atoms with Gasteiger partial charge in [-0.15, -0.1) is 11.3 Å². The van der Waals surface area contributed by atoms with E-state index in [0.29, 0.717) is 4.34 Å². The summed E-state index contributed by atoms with van der Waals surface area (Å²) in [7, 11) is 0. The number of carboxylic acids is 1. The molecule has 2 nitrogen and oxygen atoms in total. The Kier molecular flexibility index (Phi) is 5.40. The molecule has 0 spiro atoms. The molecule has 0 radical (unpaired) electrons. The average Bonchev–Trinajstić information content (AvgIpc) is 2.14. The van der Waals surface area contributed by atoms with Crippen molar-refractivity contribution >= 4 is 28.9 Å². The number of thiophene rings is 1. The fourth-order valence-corrected chi connectivity index (χ4v) is 1.27. The largest absolute Gasteiger partial charge is 1.00 e.